The maximum atomic E-state index is 12.0. The molecule has 1 rings (SSSR count). The summed E-state index contributed by atoms with van der Waals surface area (Å²) in [5.74, 6) is 0.975. The van der Waals surface area contributed by atoms with Crippen LogP contribution in [0.3, 0.4) is 0 Å². The molecule has 0 aromatic carbocycles. The van der Waals surface area contributed by atoms with Gasteiger partial charge in [0.15, 0.2) is 0 Å². The van der Waals surface area contributed by atoms with E-state index >= 15 is 0 Å². The molecule has 0 radical (unpaired) electrons. The molecule has 0 aliphatic rings. The lowest BCUT2D eigenvalue weighted by Crippen LogP contribution is -2.16. The van der Waals surface area contributed by atoms with Crippen molar-refractivity contribution in [3.63, 3.8) is 0 Å². The lowest BCUT2D eigenvalue weighted by atomic mass is 9.96. The second kappa shape index (κ2) is 9.34. The molecule has 0 aliphatic carbocycles. The summed E-state index contributed by atoms with van der Waals surface area (Å²) >= 11 is 0. The maximum Gasteiger partial charge on any atom is 0.238 e. The van der Waals surface area contributed by atoms with Gasteiger partial charge in [0.05, 0.1) is 6.10 Å². The topological polar surface area (TPSA) is 77.2 Å². The molecule has 0 bridgehead atoms. The van der Waals surface area contributed by atoms with Crippen molar-refractivity contribution in [2.75, 3.05) is 11.9 Å². The first-order valence-corrected chi connectivity index (χ1v) is 7.68. The van der Waals surface area contributed by atoms with E-state index in [-0.39, 0.29) is 12.0 Å². The van der Waals surface area contributed by atoms with Crippen LogP contribution in [0.25, 0.3) is 0 Å². The number of pyridine rings is 1. The number of nitrogens with zero attached hydrogens (tertiary/aromatic N) is 1. The first kappa shape index (κ1) is 17.4. The third kappa shape index (κ3) is 6.58. The third-order valence-electron chi connectivity index (χ3n) is 3.32. The number of hydrogen-bond acceptors (Lipinski definition) is 4. The van der Waals surface area contributed by atoms with Gasteiger partial charge < -0.3 is 15.8 Å². The van der Waals surface area contributed by atoms with Crippen molar-refractivity contribution in [3.05, 3.63) is 18.3 Å². The van der Waals surface area contributed by atoms with Crippen molar-refractivity contribution >= 4 is 11.6 Å². The van der Waals surface area contributed by atoms with E-state index in [0.717, 1.165) is 19.3 Å². The van der Waals surface area contributed by atoms with Crippen LogP contribution in [0.1, 0.15) is 46.5 Å². The minimum Gasteiger partial charge on any atom is -0.473 e. The SMILES string of the molecule is CCC(CCN)CCC(=O)Nc1cccnc1OC(C)C. The van der Waals surface area contributed by atoms with E-state index in [1.165, 1.54) is 0 Å². The number of hydrogen-bond donors (Lipinski definition) is 2. The van der Waals surface area contributed by atoms with Gasteiger partial charge in [-0.3, -0.25) is 4.79 Å². The van der Waals surface area contributed by atoms with Gasteiger partial charge in [-0.25, -0.2) is 4.98 Å². The highest BCUT2D eigenvalue weighted by Crippen LogP contribution is 2.22. The average molecular weight is 293 g/mol. The van der Waals surface area contributed by atoms with E-state index in [1.807, 2.05) is 13.8 Å². The molecule has 1 aromatic heterocycles. The van der Waals surface area contributed by atoms with Crippen LogP contribution < -0.4 is 15.8 Å². The summed E-state index contributed by atoms with van der Waals surface area (Å²) < 4.78 is 5.59. The molecule has 0 spiro atoms. The Labute approximate surface area is 127 Å². The van der Waals surface area contributed by atoms with E-state index < -0.39 is 0 Å². The molecule has 0 saturated heterocycles. The summed E-state index contributed by atoms with van der Waals surface area (Å²) in [7, 11) is 0. The normalized spacial score (nSPS) is 12.2. The standard InChI is InChI=1S/C16H27N3O2/c1-4-13(9-10-17)7-8-15(20)19-14-6-5-11-18-16(14)21-12(2)3/h5-6,11-13H,4,7-10,17H2,1-3H3,(H,19,20). The summed E-state index contributed by atoms with van der Waals surface area (Å²) in [6.07, 6.45) is 5.05. The summed E-state index contributed by atoms with van der Waals surface area (Å²) in [6, 6.07) is 3.59. The van der Waals surface area contributed by atoms with Crippen LogP contribution in [-0.4, -0.2) is 23.5 Å². The zero-order valence-corrected chi connectivity index (χ0v) is 13.3. The van der Waals surface area contributed by atoms with Crippen LogP contribution >= 0.6 is 0 Å². The van der Waals surface area contributed by atoms with E-state index in [1.54, 1.807) is 18.3 Å². The predicted molar refractivity (Wildman–Crippen MR) is 85.3 cm³/mol. The highest BCUT2D eigenvalue weighted by molar-refractivity contribution is 5.91. The Bertz CT molecular complexity index is 435. The molecule has 3 N–H and O–H groups in total. The molecular weight excluding hydrogens is 266 g/mol. The number of carbonyl (C=O) groups is 1. The molecule has 1 atom stereocenters. The fraction of sp³-hybridized carbons (Fsp3) is 0.625. The van der Waals surface area contributed by atoms with Gasteiger partial charge in [0.2, 0.25) is 11.8 Å². The second-order valence-electron chi connectivity index (χ2n) is 5.46. The lowest BCUT2D eigenvalue weighted by Gasteiger charge is -2.15. The molecule has 5 heteroatoms. The molecular formula is C16H27N3O2. The Morgan fingerprint density at radius 2 is 2.19 bits per heavy atom. The van der Waals surface area contributed by atoms with Gasteiger partial charge in [-0.15, -0.1) is 0 Å². The van der Waals surface area contributed by atoms with Crippen molar-refractivity contribution in [2.24, 2.45) is 11.7 Å². The van der Waals surface area contributed by atoms with Crippen LogP contribution in [0.4, 0.5) is 5.69 Å². The smallest absolute Gasteiger partial charge is 0.238 e. The number of carbonyl (C=O) groups excluding carboxylic acids is 1. The zero-order chi connectivity index (χ0) is 15.7. The van der Waals surface area contributed by atoms with Crippen molar-refractivity contribution < 1.29 is 9.53 Å². The van der Waals surface area contributed by atoms with Crippen LogP contribution in [-0.2, 0) is 4.79 Å². The van der Waals surface area contributed by atoms with Crippen LogP contribution in [0.2, 0.25) is 0 Å². The van der Waals surface area contributed by atoms with Crippen LogP contribution in [0, 0.1) is 5.92 Å². The number of nitrogens with two attached hydrogens (primary N) is 1. The van der Waals surface area contributed by atoms with Crippen molar-refractivity contribution in [1.82, 2.24) is 4.98 Å². The molecule has 21 heavy (non-hydrogen) atoms. The van der Waals surface area contributed by atoms with E-state index in [2.05, 4.69) is 17.2 Å². The summed E-state index contributed by atoms with van der Waals surface area (Å²) in [5, 5.41) is 2.88. The minimum atomic E-state index is -0.00734. The highest BCUT2D eigenvalue weighted by Gasteiger charge is 2.12. The van der Waals surface area contributed by atoms with E-state index in [9.17, 15) is 4.79 Å². The number of nitrogens with one attached hydrogen (secondary N) is 1. The number of amides is 1. The van der Waals surface area contributed by atoms with E-state index in [0.29, 0.717) is 30.5 Å². The molecule has 0 saturated carbocycles. The van der Waals surface area contributed by atoms with Gasteiger partial charge in [0.25, 0.3) is 0 Å². The van der Waals surface area contributed by atoms with E-state index in [4.69, 9.17) is 10.5 Å². The number of ether oxygens (including phenoxy) is 1. The largest absolute Gasteiger partial charge is 0.473 e. The van der Waals surface area contributed by atoms with Gasteiger partial charge in [-0.05, 0) is 51.3 Å². The van der Waals surface area contributed by atoms with Gasteiger partial charge in [-0.2, -0.15) is 0 Å². The third-order valence-corrected chi connectivity index (χ3v) is 3.32. The molecule has 0 aliphatic heterocycles. The highest BCUT2D eigenvalue weighted by atomic mass is 16.5. The molecule has 1 heterocycles. The summed E-state index contributed by atoms with van der Waals surface area (Å²) in [6.45, 7) is 6.67. The van der Waals surface area contributed by atoms with Gasteiger partial charge in [0, 0.05) is 12.6 Å². The maximum absolute atomic E-state index is 12.0. The number of anilines is 1. The fourth-order valence-electron chi connectivity index (χ4n) is 2.14. The Morgan fingerprint density at radius 3 is 2.81 bits per heavy atom. The molecule has 1 amide bonds. The monoisotopic (exact) mass is 293 g/mol. The Kier molecular flexibility index (Phi) is 7.75. The molecule has 118 valence electrons. The van der Waals surface area contributed by atoms with Crippen molar-refractivity contribution in [3.8, 4) is 5.88 Å². The molecule has 5 nitrogen and oxygen atoms in total. The lowest BCUT2D eigenvalue weighted by molar-refractivity contribution is -0.116. The van der Waals surface area contributed by atoms with Crippen molar-refractivity contribution in [2.45, 2.75) is 52.6 Å². The Hall–Kier alpha value is -1.62. The zero-order valence-electron chi connectivity index (χ0n) is 13.3. The first-order chi connectivity index (χ1) is 10.1. The van der Waals surface area contributed by atoms with Crippen LogP contribution in [0.15, 0.2) is 18.3 Å². The minimum absolute atomic E-state index is 0.00734. The Morgan fingerprint density at radius 1 is 1.43 bits per heavy atom. The Balaban J connectivity index is 2.54. The summed E-state index contributed by atoms with van der Waals surface area (Å²) in [5.41, 5.74) is 6.20. The predicted octanol–water partition coefficient (Wildman–Crippen LogP) is 2.96. The van der Waals surface area contributed by atoms with Crippen molar-refractivity contribution in [1.29, 1.82) is 0 Å². The van der Waals surface area contributed by atoms with Crippen LogP contribution in [0.5, 0.6) is 5.88 Å². The fourth-order valence-corrected chi connectivity index (χ4v) is 2.14. The molecule has 0 fully saturated rings. The first-order valence-electron chi connectivity index (χ1n) is 7.68. The number of rotatable bonds is 9. The second-order valence-corrected chi connectivity index (χ2v) is 5.46. The number of aromatic nitrogens is 1. The van der Waals surface area contributed by atoms with Gasteiger partial charge in [-0.1, -0.05) is 13.3 Å². The quantitative estimate of drug-likeness (QED) is 0.734. The van der Waals surface area contributed by atoms with Gasteiger partial charge in [0.1, 0.15) is 5.69 Å². The van der Waals surface area contributed by atoms with Gasteiger partial charge >= 0.3 is 0 Å². The summed E-state index contributed by atoms with van der Waals surface area (Å²) in [4.78, 5) is 16.2. The molecule has 1 aromatic rings. The average Bonchev–Trinajstić information content (AvgIpc) is 2.45. The molecule has 1 unspecified atom stereocenters.